The van der Waals surface area contributed by atoms with Crippen molar-refractivity contribution in [2.75, 3.05) is 18.5 Å². The molecule has 2 amide bonds. The largest absolute Gasteiger partial charge is 0.472 e. The van der Waals surface area contributed by atoms with Crippen molar-refractivity contribution in [2.45, 2.75) is 20.3 Å². The number of aromatic nitrogens is 4. The number of aryl methyl sites for hydroxylation is 2. The molecule has 0 aliphatic rings. The number of nitrogens with one attached hydrogen (secondary N) is 2. The lowest BCUT2D eigenvalue weighted by Crippen LogP contribution is -2.32. The average molecular weight is 358 g/mol. The summed E-state index contributed by atoms with van der Waals surface area (Å²) < 4.78 is 15.0. The van der Waals surface area contributed by atoms with Crippen LogP contribution in [0.4, 0.5) is 10.5 Å². The summed E-state index contributed by atoms with van der Waals surface area (Å²) in [4.78, 5) is 16.1. The summed E-state index contributed by atoms with van der Waals surface area (Å²) in [7, 11) is 0. The molecule has 3 aromatic rings. The molecule has 0 radical (unpaired) electrons. The van der Waals surface area contributed by atoms with Crippen LogP contribution in [0.2, 0.25) is 0 Å². The van der Waals surface area contributed by atoms with Crippen molar-refractivity contribution in [1.82, 2.24) is 25.8 Å². The van der Waals surface area contributed by atoms with Gasteiger partial charge in [-0.1, -0.05) is 17.2 Å². The normalized spacial score (nSPS) is 10.5. The van der Waals surface area contributed by atoms with Gasteiger partial charge in [0, 0.05) is 17.7 Å². The number of anilines is 1. The molecule has 2 N–H and O–H groups in total. The van der Waals surface area contributed by atoms with E-state index in [4.69, 9.17) is 9.26 Å². The van der Waals surface area contributed by atoms with Gasteiger partial charge in [-0.2, -0.15) is 4.98 Å². The van der Waals surface area contributed by atoms with Crippen LogP contribution in [0.3, 0.4) is 0 Å². The Morgan fingerprint density at radius 2 is 2.00 bits per heavy atom. The van der Waals surface area contributed by atoms with Crippen LogP contribution in [0.5, 0.6) is 5.88 Å². The third kappa shape index (κ3) is 4.35. The Kier molecular flexibility index (Phi) is 5.42. The molecular formula is C16H18N6O4. The van der Waals surface area contributed by atoms with Gasteiger partial charge < -0.3 is 19.9 Å². The van der Waals surface area contributed by atoms with E-state index >= 15 is 0 Å². The second-order valence-corrected chi connectivity index (χ2v) is 5.33. The number of nitrogens with zero attached hydrogens (tertiary/aromatic N) is 4. The molecule has 0 bridgehead atoms. The Balaban J connectivity index is 1.44. The fraction of sp³-hybridized carbons (Fsp3) is 0.312. The van der Waals surface area contributed by atoms with E-state index in [1.165, 1.54) is 0 Å². The number of urea groups is 1. The molecule has 10 heteroatoms. The first-order valence-electron chi connectivity index (χ1n) is 8.05. The molecule has 2 heterocycles. The van der Waals surface area contributed by atoms with Crippen molar-refractivity contribution in [2.24, 2.45) is 0 Å². The summed E-state index contributed by atoms with van der Waals surface area (Å²) in [5.41, 5.74) is 1.98. The fourth-order valence-electron chi connectivity index (χ4n) is 2.05. The summed E-state index contributed by atoms with van der Waals surface area (Å²) in [5.74, 6) is 1.42. The Hall–Kier alpha value is -3.43. The molecule has 1 aromatic carbocycles. The van der Waals surface area contributed by atoms with Crippen LogP contribution in [0.25, 0.3) is 11.5 Å². The standard InChI is InChI=1S/C16H18N6O4/c1-3-13-19-15(25-21-13)11-4-6-12(7-5-11)18-16(23)17-8-9-24-14-10(2)20-26-22-14/h4-7H,3,8-9H2,1-2H3,(H2,17,18,23). The van der Waals surface area contributed by atoms with Crippen LogP contribution >= 0.6 is 0 Å². The van der Waals surface area contributed by atoms with Crippen LogP contribution < -0.4 is 15.4 Å². The molecule has 0 aliphatic heterocycles. The van der Waals surface area contributed by atoms with Gasteiger partial charge in [0.15, 0.2) is 5.82 Å². The number of ether oxygens (including phenoxy) is 1. The van der Waals surface area contributed by atoms with Gasteiger partial charge in [-0.15, -0.1) is 0 Å². The summed E-state index contributed by atoms with van der Waals surface area (Å²) in [6.07, 6.45) is 0.708. The lowest BCUT2D eigenvalue weighted by molar-refractivity contribution is 0.240. The Bertz CT molecular complexity index is 858. The summed E-state index contributed by atoms with van der Waals surface area (Å²) in [6, 6.07) is 6.76. The predicted octanol–water partition coefficient (Wildman–Crippen LogP) is 2.19. The zero-order valence-corrected chi connectivity index (χ0v) is 14.4. The van der Waals surface area contributed by atoms with E-state index in [2.05, 4.69) is 35.7 Å². The third-order valence-electron chi connectivity index (χ3n) is 3.41. The molecule has 3 rings (SSSR count). The average Bonchev–Trinajstić information content (AvgIpc) is 3.28. The minimum Gasteiger partial charge on any atom is -0.472 e. The van der Waals surface area contributed by atoms with E-state index in [9.17, 15) is 4.79 Å². The van der Waals surface area contributed by atoms with Crippen LogP contribution in [0.15, 0.2) is 33.4 Å². The molecule has 0 aliphatic carbocycles. The minimum absolute atomic E-state index is 0.248. The smallest absolute Gasteiger partial charge is 0.319 e. The molecule has 26 heavy (non-hydrogen) atoms. The van der Waals surface area contributed by atoms with Gasteiger partial charge in [-0.05, 0) is 36.3 Å². The SMILES string of the molecule is CCc1noc(-c2ccc(NC(=O)NCCOc3nonc3C)cc2)n1. The summed E-state index contributed by atoms with van der Waals surface area (Å²) in [5, 5.41) is 16.4. The van der Waals surface area contributed by atoms with Gasteiger partial charge in [0.05, 0.1) is 6.54 Å². The van der Waals surface area contributed by atoms with Crippen LogP contribution in [-0.4, -0.2) is 39.6 Å². The minimum atomic E-state index is -0.345. The second kappa shape index (κ2) is 8.10. The monoisotopic (exact) mass is 358 g/mol. The molecule has 0 saturated carbocycles. The number of carbonyl (C=O) groups is 1. The molecular weight excluding hydrogens is 340 g/mol. The Morgan fingerprint density at radius 3 is 2.65 bits per heavy atom. The molecule has 0 atom stereocenters. The van der Waals surface area contributed by atoms with E-state index in [-0.39, 0.29) is 12.6 Å². The first kappa shape index (κ1) is 17.4. The second-order valence-electron chi connectivity index (χ2n) is 5.33. The zero-order valence-electron chi connectivity index (χ0n) is 14.4. The zero-order chi connectivity index (χ0) is 18.4. The number of rotatable bonds is 7. The van der Waals surface area contributed by atoms with Crippen LogP contribution in [-0.2, 0) is 6.42 Å². The van der Waals surface area contributed by atoms with E-state index in [1.54, 1.807) is 31.2 Å². The van der Waals surface area contributed by atoms with E-state index in [0.29, 0.717) is 41.9 Å². The highest BCUT2D eigenvalue weighted by atomic mass is 16.6. The maximum Gasteiger partial charge on any atom is 0.319 e. The van der Waals surface area contributed by atoms with Gasteiger partial charge in [0.25, 0.3) is 11.8 Å². The number of benzene rings is 1. The topological polar surface area (TPSA) is 128 Å². The molecule has 0 unspecified atom stereocenters. The van der Waals surface area contributed by atoms with Crippen molar-refractivity contribution in [3.05, 3.63) is 35.8 Å². The quantitative estimate of drug-likeness (QED) is 0.615. The highest BCUT2D eigenvalue weighted by Gasteiger charge is 2.09. The predicted molar refractivity (Wildman–Crippen MR) is 90.7 cm³/mol. The fourth-order valence-corrected chi connectivity index (χ4v) is 2.05. The number of hydrogen-bond donors (Lipinski definition) is 2. The number of hydrogen-bond acceptors (Lipinski definition) is 8. The van der Waals surface area contributed by atoms with Gasteiger partial charge in [-0.3, -0.25) is 0 Å². The summed E-state index contributed by atoms with van der Waals surface area (Å²) >= 11 is 0. The summed E-state index contributed by atoms with van der Waals surface area (Å²) in [6.45, 7) is 4.22. The van der Waals surface area contributed by atoms with Gasteiger partial charge >= 0.3 is 6.03 Å². The third-order valence-corrected chi connectivity index (χ3v) is 3.41. The van der Waals surface area contributed by atoms with Gasteiger partial charge in [0.1, 0.15) is 12.3 Å². The maximum atomic E-state index is 11.9. The number of carbonyl (C=O) groups excluding carboxylic acids is 1. The van der Waals surface area contributed by atoms with Crippen molar-refractivity contribution >= 4 is 11.7 Å². The first-order valence-corrected chi connectivity index (χ1v) is 8.05. The van der Waals surface area contributed by atoms with Crippen molar-refractivity contribution in [1.29, 1.82) is 0 Å². The highest BCUT2D eigenvalue weighted by molar-refractivity contribution is 5.89. The van der Waals surface area contributed by atoms with E-state index in [1.807, 2.05) is 6.92 Å². The van der Waals surface area contributed by atoms with Crippen molar-refractivity contribution < 1.29 is 18.7 Å². The molecule has 10 nitrogen and oxygen atoms in total. The lowest BCUT2D eigenvalue weighted by atomic mass is 10.2. The van der Waals surface area contributed by atoms with Gasteiger partial charge in [-0.25, -0.2) is 9.42 Å². The van der Waals surface area contributed by atoms with Gasteiger partial charge in [0.2, 0.25) is 0 Å². The van der Waals surface area contributed by atoms with Crippen molar-refractivity contribution in [3.63, 3.8) is 0 Å². The van der Waals surface area contributed by atoms with Crippen LogP contribution in [0.1, 0.15) is 18.4 Å². The Labute approximate surface area is 148 Å². The molecule has 136 valence electrons. The van der Waals surface area contributed by atoms with Crippen molar-refractivity contribution in [3.8, 4) is 17.3 Å². The molecule has 0 spiro atoms. The molecule has 0 fully saturated rings. The number of amides is 2. The van der Waals surface area contributed by atoms with Crippen LogP contribution in [0, 0.1) is 6.92 Å². The molecule has 2 aromatic heterocycles. The van der Waals surface area contributed by atoms with E-state index < -0.39 is 0 Å². The molecule has 0 saturated heterocycles. The first-order chi connectivity index (χ1) is 12.7. The lowest BCUT2D eigenvalue weighted by Gasteiger charge is -2.08. The maximum absolute atomic E-state index is 11.9. The highest BCUT2D eigenvalue weighted by Crippen LogP contribution is 2.19. The Morgan fingerprint density at radius 1 is 1.19 bits per heavy atom. The van der Waals surface area contributed by atoms with E-state index in [0.717, 1.165) is 5.56 Å².